The van der Waals surface area contributed by atoms with Crippen molar-refractivity contribution in [1.29, 1.82) is 0 Å². The summed E-state index contributed by atoms with van der Waals surface area (Å²) >= 11 is 3.30. The Morgan fingerprint density at radius 3 is 1.42 bits per heavy atom. The summed E-state index contributed by atoms with van der Waals surface area (Å²) in [5.41, 5.74) is 9.03. The van der Waals surface area contributed by atoms with E-state index in [2.05, 4.69) is 49.7 Å². The monoisotopic (exact) mass is 1080 g/mol. The third-order valence-electron chi connectivity index (χ3n) is 11.2. The van der Waals surface area contributed by atoms with Crippen LogP contribution >= 0.6 is 22.7 Å². The van der Waals surface area contributed by atoms with Gasteiger partial charge < -0.3 is 33.9 Å². The van der Waals surface area contributed by atoms with Crippen molar-refractivity contribution in [3.05, 3.63) is 127 Å². The Bertz CT molecular complexity index is 2900. The predicted molar refractivity (Wildman–Crippen MR) is 287 cm³/mol. The zero-order valence-corrected chi connectivity index (χ0v) is 46.9. The van der Waals surface area contributed by atoms with Crippen LogP contribution < -0.4 is 14.8 Å². The highest BCUT2D eigenvalue weighted by Gasteiger charge is 2.27. The van der Waals surface area contributed by atoms with Crippen molar-refractivity contribution < 1.29 is 50.1 Å². The summed E-state index contributed by atoms with van der Waals surface area (Å²) in [7, 11) is 2.40. The molecule has 0 radical (unpaired) electrons. The molecule has 396 valence electrons. The van der Waals surface area contributed by atoms with E-state index in [1.165, 1.54) is 40.9 Å². The number of thiazole rings is 2. The van der Waals surface area contributed by atoms with Gasteiger partial charge in [-0.2, -0.15) is 8.61 Å². The lowest BCUT2D eigenvalue weighted by Gasteiger charge is -2.21. The van der Waals surface area contributed by atoms with Gasteiger partial charge in [0.25, 0.3) is 6.47 Å². The van der Waals surface area contributed by atoms with E-state index in [1.54, 1.807) is 93.7 Å². The van der Waals surface area contributed by atoms with Gasteiger partial charge in [0.05, 0.1) is 58.6 Å². The van der Waals surface area contributed by atoms with Gasteiger partial charge in [0.2, 0.25) is 26.0 Å². The van der Waals surface area contributed by atoms with Gasteiger partial charge in [-0.05, 0) is 106 Å². The van der Waals surface area contributed by atoms with Crippen molar-refractivity contribution >= 4 is 55.1 Å². The molecule has 6 aromatic rings. The van der Waals surface area contributed by atoms with E-state index in [4.69, 9.17) is 18.9 Å². The molecule has 0 aliphatic carbocycles. The van der Waals surface area contributed by atoms with Crippen molar-refractivity contribution in [2.75, 3.05) is 82.1 Å². The number of carbonyl (C=O) groups excluding carboxylic acids is 2. The SMILES string of the molecule is CNCc1ccc(-c2csc(C)n2)cc1.COc1cc(C)c(S(=O)(=O)N(C)CCOCC(=O)N(C)Cc2ccc(-c3csc(C)n3)cc2)c(C)c1.COc1cc(C)c(S(=O)(=O)N(C)CCOCOC=O)c(C)c1. The Labute approximate surface area is 439 Å². The molecule has 0 unspecified atom stereocenters. The number of amides is 1. The minimum Gasteiger partial charge on any atom is -0.497 e. The number of hydrogen-bond acceptors (Lipinski definition) is 16. The van der Waals surface area contributed by atoms with Gasteiger partial charge >= 0.3 is 0 Å². The fraction of sp³-hybridized carbons (Fsp3) is 0.385. The molecule has 0 saturated heterocycles. The topological polar surface area (TPSA) is 196 Å². The molecule has 0 aliphatic heterocycles. The molecule has 0 spiro atoms. The second-order valence-corrected chi connectivity index (χ2v) is 22.9. The number of aryl methyl sites for hydroxylation is 6. The van der Waals surface area contributed by atoms with Crippen LogP contribution in [0.5, 0.6) is 11.5 Å². The number of ether oxygens (including phenoxy) is 5. The Morgan fingerprint density at radius 1 is 0.644 bits per heavy atom. The van der Waals surface area contributed by atoms with Crippen molar-refractivity contribution in [1.82, 2.24) is 28.8 Å². The molecule has 73 heavy (non-hydrogen) atoms. The second kappa shape index (κ2) is 28.7. The summed E-state index contributed by atoms with van der Waals surface area (Å²) in [4.78, 5) is 33.5. The minimum atomic E-state index is -3.71. The van der Waals surface area contributed by atoms with Crippen LogP contribution in [-0.2, 0) is 56.9 Å². The molecule has 0 atom stereocenters. The van der Waals surface area contributed by atoms with Crippen molar-refractivity contribution in [2.45, 2.75) is 64.4 Å². The molecule has 2 aromatic heterocycles. The summed E-state index contributed by atoms with van der Waals surface area (Å²) in [5.74, 6) is 1.05. The first-order valence-corrected chi connectivity index (χ1v) is 27.7. The number of rotatable bonds is 23. The van der Waals surface area contributed by atoms with Gasteiger partial charge in [-0.25, -0.2) is 26.8 Å². The highest BCUT2D eigenvalue weighted by molar-refractivity contribution is 7.89. The fourth-order valence-corrected chi connectivity index (χ4v) is 11.7. The van der Waals surface area contributed by atoms with E-state index in [9.17, 15) is 26.4 Å². The number of carbonyl (C=O) groups is 2. The zero-order chi connectivity index (χ0) is 53.9. The van der Waals surface area contributed by atoms with Crippen LogP contribution in [0.2, 0.25) is 0 Å². The van der Waals surface area contributed by atoms with Crippen LogP contribution in [0, 0.1) is 41.5 Å². The number of nitrogens with one attached hydrogen (secondary N) is 1. The molecule has 0 saturated carbocycles. The van der Waals surface area contributed by atoms with Crippen LogP contribution in [0.4, 0.5) is 0 Å². The highest BCUT2D eigenvalue weighted by atomic mass is 32.2. The standard InChI is InChI=1S/C26H33N3O5S2.C14H21NO6S.C12H14N2S/c1-18-13-23(33-6)14-19(2)26(18)36(31,32)29(5)11-12-34-16-25(30)28(4)15-21-7-9-22(10-8-21)24-17-35-20(3)27-24;1-11-7-13(19-4)8-12(2)14(11)22(17,18)15(3)5-6-20-10-21-9-16;1-9-14-12(8-15-9)11-5-3-10(4-6-11)7-13-2/h7-10,13-14,17H,11-12,15-16H2,1-6H3;7-9H,5-6,10H2,1-4H3;3-6,8,13H,7H2,1-2H3. The molecular weight excluding hydrogens is 1010 g/mol. The average molecular weight is 1080 g/mol. The molecule has 17 nitrogen and oxygen atoms in total. The van der Waals surface area contributed by atoms with E-state index in [-0.39, 0.29) is 61.9 Å². The molecule has 1 amide bonds. The Morgan fingerprint density at radius 2 is 1.05 bits per heavy atom. The molecule has 0 fully saturated rings. The number of methoxy groups -OCH3 is 2. The van der Waals surface area contributed by atoms with E-state index < -0.39 is 20.0 Å². The van der Waals surface area contributed by atoms with E-state index in [1.807, 2.05) is 50.5 Å². The molecule has 2 heterocycles. The van der Waals surface area contributed by atoms with Crippen molar-refractivity contribution in [3.8, 4) is 34.0 Å². The summed E-state index contributed by atoms with van der Waals surface area (Å²) < 4.78 is 79.1. The summed E-state index contributed by atoms with van der Waals surface area (Å²) in [6.07, 6.45) is 0. The molecular formula is C52H68N6O11S4. The maximum Gasteiger partial charge on any atom is 0.295 e. The molecule has 4 aromatic carbocycles. The molecule has 1 N–H and O–H groups in total. The van der Waals surface area contributed by atoms with Crippen molar-refractivity contribution in [2.24, 2.45) is 0 Å². The van der Waals surface area contributed by atoms with E-state index in [0.717, 1.165) is 39.1 Å². The van der Waals surface area contributed by atoms with E-state index >= 15 is 0 Å². The third kappa shape index (κ3) is 17.5. The molecule has 21 heteroatoms. The maximum atomic E-state index is 13.1. The maximum absolute atomic E-state index is 13.1. The molecule has 0 aliphatic rings. The minimum absolute atomic E-state index is 0.102. The van der Waals surface area contributed by atoms with Gasteiger partial charge in [-0.1, -0.05) is 48.5 Å². The highest BCUT2D eigenvalue weighted by Crippen LogP contribution is 2.29. The first kappa shape index (κ1) is 59.9. The van der Waals surface area contributed by atoms with Gasteiger partial charge in [-0.3, -0.25) is 9.59 Å². The van der Waals surface area contributed by atoms with E-state index in [0.29, 0.717) is 40.3 Å². The number of nitrogens with zero attached hydrogens (tertiary/aromatic N) is 5. The largest absolute Gasteiger partial charge is 0.497 e. The van der Waals surface area contributed by atoms with Gasteiger partial charge in [0, 0.05) is 69.2 Å². The lowest BCUT2D eigenvalue weighted by atomic mass is 10.1. The van der Waals surface area contributed by atoms with Crippen molar-refractivity contribution in [3.63, 3.8) is 0 Å². The number of benzene rings is 4. The lowest BCUT2D eigenvalue weighted by molar-refractivity contribution is -0.140. The summed E-state index contributed by atoms with van der Waals surface area (Å²) in [6, 6.07) is 23.3. The van der Waals surface area contributed by atoms with Crippen LogP contribution in [0.1, 0.15) is 43.4 Å². The first-order valence-electron chi connectivity index (χ1n) is 23.0. The van der Waals surface area contributed by atoms with Crippen LogP contribution in [0.15, 0.2) is 93.3 Å². The smallest absolute Gasteiger partial charge is 0.295 e. The third-order valence-corrected chi connectivity index (χ3v) is 17.1. The lowest BCUT2D eigenvalue weighted by Crippen LogP contribution is -2.33. The van der Waals surface area contributed by atoms with Crippen LogP contribution in [0.3, 0.4) is 0 Å². The predicted octanol–water partition coefficient (Wildman–Crippen LogP) is 7.96. The van der Waals surface area contributed by atoms with Gasteiger partial charge in [0.1, 0.15) is 18.1 Å². The Balaban J connectivity index is 0.000000264. The average Bonchev–Trinajstić information content (AvgIpc) is 4.00. The number of likely N-dealkylation sites (N-methyl/N-ethyl adjacent to an activating group) is 3. The van der Waals surface area contributed by atoms with Gasteiger partial charge in [-0.15, -0.1) is 22.7 Å². The zero-order valence-electron chi connectivity index (χ0n) is 43.7. The fourth-order valence-electron chi connectivity index (χ4n) is 7.35. The quantitative estimate of drug-likeness (QED) is 0.0369. The number of hydrogen-bond donors (Lipinski definition) is 1. The molecule has 6 rings (SSSR count). The molecule has 0 bridgehead atoms. The number of sulfonamides is 2. The van der Waals surface area contributed by atoms with Crippen LogP contribution in [-0.4, -0.2) is 135 Å². The summed E-state index contributed by atoms with van der Waals surface area (Å²) in [6.45, 7) is 12.8. The normalized spacial score (nSPS) is 11.4. The number of aromatic nitrogens is 2. The van der Waals surface area contributed by atoms with Gasteiger partial charge in [0.15, 0.2) is 6.79 Å². The second-order valence-electron chi connectivity index (χ2n) is 16.9. The van der Waals surface area contributed by atoms with Crippen LogP contribution in [0.25, 0.3) is 22.5 Å². The first-order chi connectivity index (χ1) is 34.7. The Kier molecular flexibility index (Phi) is 23.6. The summed E-state index contributed by atoms with van der Waals surface area (Å²) in [5, 5.41) is 9.40. The Hall–Kier alpha value is -5.62.